The lowest BCUT2D eigenvalue weighted by molar-refractivity contribution is -0.0258. The Morgan fingerprint density at radius 2 is 1.93 bits per heavy atom. The highest BCUT2D eigenvalue weighted by atomic mass is 16.5. The number of fused-ring (bicyclic) bond motifs is 1. The zero-order chi connectivity index (χ0) is 20.2. The fourth-order valence-electron chi connectivity index (χ4n) is 4.22. The minimum atomic E-state index is -0.126. The van der Waals surface area contributed by atoms with Gasteiger partial charge in [-0.15, -0.1) is 0 Å². The molecule has 1 amide bonds. The van der Waals surface area contributed by atoms with Crippen molar-refractivity contribution in [3.63, 3.8) is 0 Å². The van der Waals surface area contributed by atoms with Crippen LogP contribution in [0.4, 0.5) is 0 Å². The fourth-order valence-corrected chi connectivity index (χ4v) is 4.22. The number of methoxy groups -OCH3 is 2. The molecule has 1 N–H and O–H groups in total. The Morgan fingerprint density at radius 1 is 1.14 bits per heavy atom. The molecule has 1 fully saturated rings. The SMILES string of the molecule is COc1ccc(C(=O)NCc2ccc3c(c2)CCN(C2CC(OC)C2)CC3)cn1. The molecule has 1 aromatic heterocycles. The van der Waals surface area contributed by atoms with E-state index in [1.54, 1.807) is 19.2 Å². The van der Waals surface area contributed by atoms with Crippen molar-refractivity contribution in [1.29, 1.82) is 0 Å². The van der Waals surface area contributed by atoms with E-state index in [-0.39, 0.29) is 5.91 Å². The summed E-state index contributed by atoms with van der Waals surface area (Å²) in [7, 11) is 3.37. The van der Waals surface area contributed by atoms with E-state index in [1.165, 1.54) is 17.3 Å². The molecular formula is C23H29N3O3. The minimum absolute atomic E-state index is 0.126. The Labute approximate surface area is 172 Å². The van der Waals surface area contributed by atoms with Crippen molar-refractivity contribution in [3.8, 4) is 5.88 Å². The van der Waals surface area contributed by atoms with Crippen molar-refractivity contribution in [2.24, 2.45) is 0 Å². The maximum absolute atomic E-state index is 12.4. The highest BCUT2D eigenvalue weighted by molar-refractivity contribution is 5.93. The van der Waals surface area contributed by atoms with E-state index >= 15 is 0 Å². The van der Waals surface area contributed by atoms with E-state index < -0.39 is 0 Å². The number of rotatable bonds is 6. The van der Waals surface area contributed by atoms with E-state index in [1.807, 2.05) is 7.11 Å². The molecule has 1 aliphatic heterocycles. The van der Waals surface area contributed by atoms with Gasteiger partial charge in [-0.1, -0.05) is 18.2 Å². The van der Waals surface area contributed by atoms with Crippen LogP contribution in [0.1, 0.15) is 39.9 Å². The van der Waals surface area contributed by atoms with E-state index in [2.05, 4.69) is 33.4 Å². The molecule has 1 aromatic carbocycles. The van der Waals surface area contributed by atoms with Crippen LogP contribution >= 0.6 is 0 Å². The molecule has 154 valence electrons. The summed E-state index contributed by atoms with van der Waals surface area (Å²) in [6, 6.07) is 10.7. The van der Waals surface area contributed by atoms with Crippen molar-refractivity contribution in [2.75, 3.05) is 27.3 Å². The molecule has 0 saturated heterocycles. The number of nitrogens with zero attached hydrogens (tertiary/aromatic N) is 2. The number of carbonyl (C=O) groups is 1. The molecule has 0 unspecified atom stereocenters. The zero-order valence-corrected chi connectivity index (χ0v) is 17.2. The molecule has 1 saturated carbocycles. The lowest BCUT2D eigenvalue weighted by atomic mass is 9.87. The summed E-state index contributed by atoms with van der Waals surface area (Å²) in [6.07, 6.45) is 6.45. The number of ether oxygens (including phenoxy) is 2. The summed E-state index contributed by atoms with van der Waals surface area (Å²) in [5, 5.41) is 2.99. The summed E-state index contributed by atoms with van der Waals surface area (Å²) in [6.45, 7) is 2.73. The van der Waals surface area contributed by atoms with Gasteiger partial charge >= 0.3 is 0 Å². The largest absolute Gasteiger partial charge is 0.481 e. The lowest BCUT2D eigenvalue weighted by Gasteiger charge is -2.41. The smallest absolute Gasteiger partial charge is 0.253 e. The van der Waals surface area contributed by atoms with Crippen LogP contribution < -0.4 is 10.1 Å². The summed E-state index contributed by atoms with van der Waals surface area (Å²) >= 11 is 0. The molecule has 1 aliphatic carbocycles. The number of amides is 1. The second-order valence-corrected chi connectivity index (χ2v) is 7.89. The van der Waals surface area contributed by atoms with Gasteiger partial charge in [-0.2, -0.15) is 0 Å². The van der Waals surface area contributed by atoms with E-state index in [4.69, 9.17) is 9.47 Å². The number of hydrogen-bond donors (Lipinski definition) is 1. The van der Waals surface area contributed by atoms with Crippen LogP contribution in [-0.4, -0.2) is 55.2 Å². The van der Waals surface area contributed by atoms with Gasteiger partial charge in [0.15, 0.2) is 0 Å². The second-order valence-electron chi connectivity index (χ2n) is 7.89. The maximum Gasteiger partial charge on any atom is 0.253 e. The molecule has 6 nitrogen and oxygen atoms in total. The Morgan fingerprint density at radius 3 is 2.62 bits per heavy atom. The minimum Gasteiger partial charge on any atom is -0.481 e. The molecule has 2 aliphatic rings. The highest BCUT2D eigenvalue weighted by Gasteiger charge is 2.34. The standard InChI is InChI=1S/C23H29N3O3/c1-28-21-12-20(13-21)26-9-7-17-4-3-16(11-18(17)8-10-26)14-25-23(27)19-5-6-22(29-2)24-15-19/h3-6,11,15,20-21H,7-10,12-14H2,1-2H3,(H,25,27). The Hall–Kier alpha value is -2.44. The number of benzene rings is 1. The van der Waals surface area contributed by atoms with Crippen LogP contribution in [0.5, 0.6) is 5.88 Å². The summed E-state index contributed by atoms with van der Waals surface area (Å²) < 4.78 is 10.5. The van der Waals surface area contributed by atoms with Crippen LogP contribution in [-0.2, 0) is 24.1 Å². The van der Waals surface area contributed by atoms with E-state index in [9.17, 15) is 4.79 Å². The van der Waals surface area contributed by atoms with Gasteiger partial charge in [0.25, 0.3) is 5.91 Å². The van der Waals surface area contributed by atoms with E-state index in [0.717, 1.165) is 44.3 Å². The molecular weight excluding hydrogens is 366 g/mol. The molecule has 4 rings (SSSR count). The van der Waals surface area contributed by atoms with Crippen LogP contribution in [0.2, 0.25) is 0 Å². The molecule has 0 bridgehead atoms. The number of carbonyl (C=O) groups excluding carboxylic acids is 1. The van der Waals surface area contributed by atoms with Crippen LogP contribution in [0.3, 0.4) is 0 Å². The van der Waals surface area contributed by atoms with E-state index in [0.29, 0.717) is 30.1 Å². The predicted octanol–water partition coefficient (Wildman–Crippen LogP) is 2.60. The number of pyridine rings is 1. The lowest BCUT2D eigenvalue weighted by Crippen LogP contribution is -2.48. The van der Waals surface area contributed by atoms with Gasteiger partial charge in [-0.3, -0.25) is 9.69 Å². The number of nitrogens with one attached hydrogen (secondary N) is 1. The zero-order valence-electron chi connectivity index (χ0n) is 17.2. The van der Waals surface area contributed by atoms with Crippen molar-refractivity contribution in [3.05, 3.63) is 58.8 Å². The first-order valence-corrected chi connectivity index (χ1v) is 10.3. The average Bonchev–Trinajstić information content (AvgIpc) is 2.94. The number of hydrogen-bond acceptors (Lipinski definition) is 5. The Balaban J connectivity index is 1.33. The molecule has 0 spiro atoms. The van der Waals surface area contributed by atoms with Gasteiger partial charge in [0.2, 0.25) is 5.88 Å². The van der Waals surface area contributed by atoms with Gasteiger partial charge in [-0.05, 0) is 48.4 Å². The van der Waals surface area contributed by atoms with Gasteiger partial charge in [0.1, 0.15) is 0 Å². The first-order chi connectivity index (χ1) is 14.2. The van der Waals surface area contributed by atoms with Crippen molar-refractivity contribution in [1.82, 2.24) is 15.2 Å². The Bertz CT molecular complexity index is 847. The third kappa shape index (κ3) is 4.60. The van der Waals surface area contributed by atoms with Crippen molar-refractivity contribution >= 4 is 5.91 Å². The summed E-state index contributed by atoms with van der Waals surface area (Å²) in [5.74, 6) is 0.375. The maximum atomic E-state index is 12.4. The van der Waals surface area contributed by atoms with Gasteiger partial charge < -0.3 is 14.8 Å². The van der Waals surface area contributed by atoms with Crippen molar-refractivity contribution in [2.45, 2.75) is 44.4 Å². The molecule has 0 radical (unpaired) electrons. The van der Waals surface area contributed by atoms with Gasteiger partial charge in [0, 0.05) is 45.0 Å². The molecule has 0 atom stereocenters. The first kappa shape index (κ1) is 19.9. The Kier molecular flexibility index (Phi) is 6.11. The van der Waals surface area contributed by atoms with Crippen LogP contribution in [0.25, 0.3) is 0 Å². The molecule has 29 heavy (non-hydrogen) atoms. The monoisotopic (exact) mass is 395 g/mol. The van der Waals surface area contributed by atoms with Crippen LogP contribution in [0, 0.1) is 0 Å². The average molecular weight is 396 g/mol. The van der Waals surface area contributed by atoms with Crippen molar-refractivity contribution < 1.29 is 14.3 Å². The van der Waals surface area contributed by atoms with Gasteiger partial charge in [-0.25, -0.2) is 4.98 Å². The fraction of sp³-hybridized carbons (Fsp3) is 0.478. The first-order valence-electron chi connectivity index (χ1n) is 10.3. The third-order valence-corrected chi connectivity index (χ3v) is 6.19. The number of aromatic nitrogens is 1. The predicted molar refractivity (Wildman–Crippen MR) is 111 cm³/mol. The normalized spacial score (nSPS) is 21.6. The molecule has 6 heteroatoms. The highest BCUT2D eigenvalue weighted by Crippen LogP contribution is 2.30. The molecule has 2 heterocycles. The third-order valence-electron chi connectivity index (χ3n) is 6.19. The summed E-state index contributed by atoms with van der Waals surface area (Å²) in [5.41, 5.74) is 4.51. The topological polar surface area (TPSA) is 63.7 Å². The second kappa shape index (κ2) is 8.93. The quantitative estimate of drug-likeness (QED) is 0.815. The molecule has 2 aromatic rings. The van der Waals surface area contributed by atoms with Gasteiger partial charge in [0.05, 0.1) is 18.8 Å². The van der Waals surface area contributed by atoms with Crippen LogP contribution in [0.15, 0.2) is 36.5 Å². The summed E-state index contributed by atoms with van der Waals surface area (Å²) in [4.78, 5) is 19.1.